The quantitative estimate of drug-likeness (QED) is 0.792. The summed E-state index contributed by atoms with van der Waals surface area (Å²) in [5.74, 6) is 0.608. The summed E-state index contributed by atoms with van der Waals surface area (Å²) < 4.78 is 0. The van der Waals surface area contributed by atoms with Crippen molar-refractivity contribution in [1.82, 2.24) is 4.98 Å². The molecule has 1 heterocycles. The van der Waals surface area contributed by atoms with Crippen molar-refractivity contribution in [2.75, 3.05) is 11.1 Å². The summed E-state index contributed by atoms with van der Waals surface area (Å²) in [5.41, 5.74) is 8.08. The van der Waals surface area contributed by atoms with E-state index >= 15 is 0 Å². The second-order valence-corrected chi connectivity index (χ2v) is 4.33. The van der Waals surface area contributed by atoms with Gasteiger partial charge in [-0.15, -0.1) is 0 Å². The molecule has 0 saturated carbocycles. The number of hydrogen-bond acceptors (Lipinski definition) is 4. The van der Waals surface area contributed by atoms with Crippen molar-refractivity contribution in [2.24, 2.45) is 0 Å². The third-order valence-corrected chi connectivity index (χ3v) is 2.82. The summed E-state index contributed by atoms with van der Waals surface area (Å²) in [7, 11) is 0. The minimum absolute atomic E-state index is 0.0546. The summed E-state index contributed by atoms with van der Waals surface area (Å²) in [6.45, 7) is 0.668. The molecule has 2 aromatic rings. The lowest BCUT2D eigenvalue weighted by Crippen LogP contribution is -2.02. The van der Waals surface area contributed by atoms with E-state index < -0.39 is 0 Å². The third kappa shape index (κ3) is 3.12. The van der Waals surface area contributed by atoms with Gasteiger partial charge in [0.25, 0.3) is 0 Å². The minimum Gasteiger partial charge on any atom is -0.397 e. The van der Waals surface area contributed by atoms with Gasteiger partial charge in [-0.1, -0.05) is 35.9 Å². The summed E-state index contributed by atoms with van der Waals surface area (Å²) >= 11 is 6.01. The number of hydrogen-bond donors (Lipinski definition) is 3. The van der Waals surface area contributed by atoms with Crippen LogP contribution in [0.4, 0.5) is 11.5 Å². The second kappa shape index (κ2) is 5.71. The Kier molecular flexibility index (Phi) is 4.02. The number of halogens is 1. The van der Waals surface area contributed by atoms with E-state index in [2.05, 4.69) is 10.3 Å². The molecule has 1 aromatic heterocycles. The largest absolute Gasteiger partial charge is 0.397 e. The highest BCUT2D eigenvalue weighted by atomic mass is 35.5. The molecule has 2 rings (SSSR count). The van der Waals surface area contributed by atoms with Gasteiger partial charge in [0.2, 0.25) is 0 Å². The number of aliphatic hydroxyl groups is 1. The fourth-order valence-corrected chi connectivity index (χ4v) is 1.77. The monoisotopic (exact) mass is 263 g/mol. The van der Waals surface area contributed by atoms with Crippen LogP contribution in [0.2, 0.25) is 5.02 Å². The Morgan fingerprint density at radius 2 is 1.89 bits per heavy atom. The maximum atomic E-state index is 8.94. The van der Waals surface area contributed by atoms with E-state index in [1.807, 2.05) is 24.3 Å². The Bertz CT molecular complexity index is 528. The third-order valence-electron chi connectivity index (χ3n) is 2.53. The molecule has 4 nitrogen and oxygen atoms in total. The van der Waals surface area contributed by atoms with Gasteiger partial charge in [0, 0.05) is 6.54 Å². The summed E-state index contributed by atoms with van der Waals surface area (Å²) in [4.78, 5) is 4.12. The van der Waals surface area contributed by atoms with Gasteiger partial charge in [-0.05, 0) is 17.2 Å². The fraction of sp³-hybridized carbons (Fsp3) is 0.154. The first-order chi connectivity index (χ1) is 8.69. The van der Waals surface area contributed by atoms with Crippen molar-refractivity contribution in [3.05, 3.63) is 52.7 Å². The van der Waals surface area contributed by atoms with Crippen molar-refractivity contribution in [3.8, 4) is 0 Å². The maximum absolute atomic E-state index is 8.94. The number of anilines is 2. The zero-order valence-corrected chi connectivity index (χ0v) is 10.5. The molecule has 0 amide bonds. The molecule has 18 heavy (non-hydrogen) atoms. The molecule has 0 atom stereocenters. The van der Waals surface area contributed by atoms with Gasteiger partial charge in [0.05, 0.1) is 23.5 Å². The predicted octanol–water partition coefficient (Wildman–Crippen LogP) is 2.42. The van der Waals surface area contributed by atoms with Crippen LogP contribution in [-0.2, 0) is 13.2 Å². The van der Waals surface area contributed by atoms with Gasteiger partial charge >= 0.3 is 0 Å². The summed E-state index contributed by atoms with van der Waals surface area (Å²) in [5, 5.41) is 12.6. The van der Waals surface area contributed by atoms with Crippen molar-refractivity contribution in [3.63, 3.8) is 0 Å². The molecule has 1 aromatic carbocycles. The fourth-order valence-electron chi connectivity index (χ4n) is 1.53. The zero-order valence-electron chi connectivity index (χ0n) is 9.73. The van der Waals surface area contributed by atoms with Crippen LogP contribution in [0.5, 0.6) is 0 Å². The van der Waals surface area contributed by atoms with Gasteiger partial charge in [-0.2, -0.15) is 0 Å². The first-order valence-corrected chi connectivity index (χ1v) is 5.90. The lowest BCUT2D eigenvalue weighted by Gasteiger charge is -2.08. The van der Waals surface area contributed by atoms with Crippen molar-refractivity contribution < 1.29 is 5.11 Å². The Morgan fingerprint density at radius 3 is 2.50 bits per heavy atom. The van der Waals surface area contributed by atoms with Crippen LogP contribution in [0.15, 0.2) is 36.5 Å². The Balaban J connectivity index is 2.02. The van der Waals surface area contributed by atoms with Crippen molar-refractivity contribution in [2.45, 2.75) is 13.2 Å². The van der Waals surface area contributed by atoms with E-state index in [1.54, 1.807) is 12.3 Å². The molecule has 0 radical (unpaired) electrons. The SMILES string of the molecule is Nc1cnc(NCc2ccc(CO)cc2)c(Cl)c1. The number of nitrogens with zero attached hydrogens (tertiary/aromatic N) is 1. The molecule has 0 bridgehead atoms. The van der Waals surface area contributed by atoms with Crippen LogP contribution in [0.3, 0.4) is 0 Å². The number of nitrogen functional groups attached to an aromatic ring is 1. The van der Waals surface area contributed by atoms with Crippen LogP contribution in [-0.4, -0.2) is 10.1 Å². The molecule has 0 aliphatic heterocycles. The van der Waals surface area contributed by atoms with Crippen LogP contribution >= 0.6 is 11.6 Å². The number of aliphatic hydroxyl groups excluding tert-OH is 1. The lowest BCUT2D eigenvalue weighted by atomic mass is 10.1. The number of rotatable bonds is 4. The number of nitrogens with one attached hydrogen (secondary N) is 1. The highest BCUT2D eigenvalue weighted by Crippen LogP contribution is 2.21. The maximum Gasteiger partial charge on any atom is 0.145 e. The van der Waals surface area contributed by atoms with Gasteiger partial charge < -0.3 is 16.2 Å². The van der Waals surface area contributed by atoms with E-state index in [1.165, 1.54) is 0 Å². The van der Waals surface area contributed by atoms with Crippen LogP contribution in [0.1, 0.15) is 11.1 Å². The molecule has 0 unspecified atom stereocenters. The number of benzene rings is 1. The van der Waals surface area contributed by atoms with E-state index in [9.17, 15) is 0 Å². The number of aromatic nitrogens is 1. The summed E-state index contributed by atoms with van der Waals surface area (Å²) in [6, 6.07) is 9.32. The smallest absolute Gasteiger partial charge is 0.145 e. The topological polar surface area (TPSA) is 71.2 Å². The molecule has 0 aliphatic rings. The van der Waals surface area contributed by atoms with Gasteiger partial charge in [-0.3, -0.25) is 0 Å². The Hall–Kier alpha value is -1.78. The molecule has 0 spiro atoms. The van der Waals surface area contributed by atoms with Gasteiger partial charge in [0.1, 0.15) is 5.82 Å². The number of pyridine rings is 1. The predicted molar refractivity (Wildman–Crippen MR) is 73.4 cm³/mol. The van der Waals surface area contributed by atoms with Crippen LogP contribution in [0.25, 0.3) is 0 Å². The lowest BCUT2D eigenvalue weighted by molar-refractivity contribution is 0.282. The summed E-state index contributed by atoms with van der Waals surface area (Å²) in [6.07, 6.45) is 1.56. The normalized spacial score (nSPS) is 10.3. The van der Waals surface area contributed by atoms with Crippen molar-refractivity contribution in [1.29, 1.82) is 0 Å². The highest BCUT2D eigenvalue weighted by molar-refractivity contribution is 6.33. The molecule has 0 fully saturated rings. The second-order valence-electron chi connectivity index (χ2n) is 3.93. The molecule has 4 N–H and O–H groups in total. The van der Waals surface area contributed by atoms with E-state index in [4.69, 9.17) is 22.4 Å². The number of nitrogens with two attached hydrogens (primary N) is 1. The average molecular weight is 264 g/mol. The van der Waals surface area contributed by atoms with Crippen LogP contribution in [0, 0.1) is 0 Å². The Labute approximate surface area is 110 Å². The first-order valence-electron chi connectivity index (χ1n) is 5.52. The molecular weight excluding hydrogens is 250 g/mol. The van der Waals surface area contributed by atoms with Crippen molar-refractivity contribution >= 4 is 23.1 Å². The van der Waals surface area contributed by atoms with E-state index in [0.717, 1.165) is 11.1 Å². The van der Waals surface area contributed by atoms with Gasteiger partial charge in [-0.25, -0.2) is 4.98 Å². The van der Waals surface area contributed by atoms with E-state index in [0.29, 0.717) is 23.1 Å². The molecular formula is C13H14ClN3O. The minimum atomic E-state index is 0.0546. The molecule has 0 saturated heterocycles. The molecule has 94 valence electrons. The zero-order chi connectivity index (χ0) is 13.0. The van der Waals surface area contributed by atoms with E-state index in [-0.39, 0.29) is 6.61 Å². The highest BCUT2D eigenvalue weighted by Gasteiger charge is 2.02. The standard InChI is InChI=1S/C13H14ClN3O/c14-12-5-11(15)7-17-13(12)16-6-9-1-3-10(8-18)4-2-9/h1-5,7,18H,6,8,15H2,(H,16,17). The Morgan fingerprint density at radius 1 is 1.22 bits per heavy atom. The molecule has 5 heteroatoms. The molecule has 0 aliphatic carbocycles. The van der Waals surface area contributed by atoms with Gasteiger partial charge in [0.15, 0.2) is 0 Å². The first kappa shape index (κ1) is 12.7. The average Bonchev–Trinajstić information content (AvgIpc) is 2.38. The van der Waals surface area contributed by atoms with Crippen LogP contribution < -0.4 is 11.1 Å².